The fourth-order valence-electron chi connectivity index (χ4n) is 5.24. The molecule has 0 aliphatic carbocycles. The summed E-state index contributed by atoms with van der Waals surface area (Å²) in [6.07, 6.45) is 2.03. The number of likely N-dealkylation sites (tertiary alicyclic amines) is 1. The zero-order valence-electron chi connectivity index (χ0n) is 20.8. The van der Waals surface area contributed by atoms with E-state index in [-0.39, 0.29) is 23.6 Å². The molecular weight excluding hydrogens is 459 g/mol. The first-order valence-corrected chi connectivity index (χ1v) is 12.6. The number of amides is 1. The molecule has 3 heterocycles. The van der Waals surface area contributed by atoms with Gasteiger partial charge < -0.3 is 18.9 Å². The summed E-state index contributed by atoms with van der Waals surface area (Å²) in [5.74, 6) is 0.206. The van der Waals surface area contributed by atoms with Gasteiger partial charge in [-0.25, -0.2) is 4.39 Å². The van der Waals surface area contributed by atoms with E-state index in [2.05, 4.69) is 0 Å². The Morgan fingerprint density at radius 1 is 1.11 bits per heavy atom. The molecule has 0 spiro atoms. The Hall–Kier alpha value is -3.61. The van der Waals surface area contributed by atoms with Crippen molar-refractivity contribution in [3.63, 3.8) is 0 Å². The van der Waals surface area contributed by atoms with E-state index in [0.717, 1.165) is 33.8 Å². The molecule has 1 aromatic heterocycles. The molecule has 0 atom stereocenters. The number of rotatable bonds is 6. The lowest BCUT2D eigenvalue weighted by molar-refractivity contribution is -0.151. The number of aromatic nitrogens is 1. The second-order valence-electron chi connectivity index (χ2n) is 9.49. The van der Waals surface area contributed by atoms with E-state index in [0.29, 0.717) is 57.7 Å². The SMILES string of the molecule is CCOC(=O)C1CCN(C(=O)CCc2cc3c(n2-c2ccc(C)cc2F)-c2ccccc2OC3)CC1. The second-order valence-corrected chi connectivity index (χ2v) is 9.49. The van der Waals surface area contributed by atoms with Crippen LogP contribution in [0.2, 0.25) is 0 Å². The number of nitrogens with zero attached hydrogens (tertiary/aromatic N) is 2. The molecule has 0 unspecified atom stereocenters. The molecule has 0 radical (unpaired) electrons. The maximum absolute atomic E-state index is 15.2. The van der Waals surface area contributed by atoms with Gasteiger partial charge in [0.1, 0.15) is 18.2 Å². The lowest BCUT2D eigenvalue weighted by atomic mass is 9.96. The first kappa shape index (κ1) is 24.1. The number of carbonyl (C=O) groups excluding carboxylic acids is 2. The van der Waals surface area contributed by atoms with Gasteiger partial charge in [-0.3, -0.25) is 9.59 Å². The van der Waals surface area contributed by atoms with Crippen LogP contribution in [0.1, 0.15) is 43.0 Å². The zero-order valence-corrected chi connectivity index (χ0v) is 20.8. The Bertz CT molecular complexity index is 1290. The van der Waals surface area contributed by atoms with Crippen molar-refractivity contribution < 1.29 is 23.5 Å². The van der Waals surface area contributed by atoms with Gasteiger partial charge in [0.25, 0.3) is 0 Å². The van der Waals surface area contributed by atoms with Crippen LogP contribution >= 0.6 is 0 Å². The number of aryl methyl sites for hydroxylation is 2. The first-order chi connectivity index (χ1) is 17.5. The lowest BCUT2D eigenvalue weighted by Crippen LogP contribution is -2.40. The number of hydrogen-bond acceptors (Lipinski definition) is 4. The van der Waals surface area contributed by atoms with E-state index in [4.69, 9.17) is 9.47 Å². The number of esters is 1. The molecule has 2 aromatic carbocycles. The van der Waals surface area contributed by atoms with E-state index in [1.165, 1.54) is 6.07 Å². The number of ether oxygens (including phenoxy) is 2. The summed E-state index contributed by atoms with van der Waals surface area (Å²) in [5.41, 5.74) is 5.00. The average Bonchev–Trinajstić information content (AvgIpc) is 3.26. The molecule has 1 saturated heterocycles. The van der Waals surface area contributed by atoms with E-state index in [9.17, 15) is 9.59 Å². The summed E-state index contributed by atoms with van der Waals surface area (Å²) < 4.78 is 28.3. The van der Waals surface area contributed by atoms with Gasteiger partial charge in [0.05, 0.1) is 23.9 Å². The minimum absolute atomic E-state index is 0.0454. The maximum Gasteiger partial charge on any atom is 0.309 e. The van der Waals surface area contributed by atoms with Crippen LogP contribution < -0.4 is 4.74 Å². The van der Waals surface area contributed by atoms with Crippen molar-refractivity contribution in [2.75, 3.05) is 19.7 Å². The highest BCUT2D eigenvalue weighted by Crippen LogP contribution is 2.41. The Kier molecular flexibility index (Phi) is 6.81. The van der Waals surface area contributed by atoms with Gasteiger partial charge in [0.2, 0.25) is 5.91 Å². The molecule has 0 saturated carbocycles. The van der Waals surface area contributed by atoms with Gasteiger partial charge in [0, 0.05) is 36.3 Å². The smallest absolute Gasteiger partial charge is 0.309 e. The van der Waals surface area contributed by atoms with Crippen LogP contribution in [0, 0.1) is 18.7 Å². The normalized spacial score (nSPS) is 15.1. The summed E-state index contributed by atoms with van der Waals surface area (Å²) in [7, 11) is 0. The summed E-state index contributed by atoms with van der Waals surface area (Å²) in [5, 5.41) is 0. The van der Waals surface area contributed by atoms with E-state index < -0.39 is 0 Å². The van der Waals surface area contributed by atoms with E-state index in [1.807, 2.05) is 52.8 Å². The standard InChI is InChI=1S/C29H31FN2O4/c1-3-35-29(34)20-12-14-31(15-13-20)27(33)11-9-22-17-21-18-36-26-7-5-4-6-23(26)28(21)32(22)25-10-8-19(2)16-24(25)30/h4-8,10,16-17,20H,3,9,11-15,18H2,1-2H3. The van der Waals surface area contributed by atoms with Gasteiger partial charge in [-0.05, 0) is 69.0 Å². The van der Waals surface area contributed by atoms with Crippen LogP contribution in [-0.4, -0.2) is 41.0 Å². The summed E-state index contributed by atoms with van der Waals surface area (Å²) in [4.78, 5) is 26.9. The highest BCUT2D eigenvalue weighted by Gasteiger charge is 2.29. The van der Waals surface area contributed by atoms with Crippen molar-refractivity contribution in [1.29, 1.82) is 0 Å². The minimum Gasteiger partial charge on any atom is -0.488 e. The number of benzene rings is 2. The van der Waals surface area contributed by atoms with Crippen molar-refractivity contribution in [2.24, 2.45) is 5.92 Å². The number of hydrogen-bond donors (Lipinski definition) is 0. The molecule has 3 aromatic rings. The van der Waals surface area contributed by atoms with E-state index >= 15 is 4.39 Å². The third-order valence-corrected chi connectivity index (χ3v) is 7.09. The molecule has 36 heavy (non-hydrogen) atoms. The topological polar surface area (TPSA) is 60.8 Å². The molecule has 2 aliphatic heterocycles. The molecule has 0 bridgehead atoms. The van der Waals surface area contributed by atoms with Crippen molar-refractivity contribution in [1.82, 2.24) is 9.47 Å². The van der Waals surface area contributed by atoms with Crippen LogP contribution in [0.3, 0.4) is 0 Å². The molecular formula is C29H31FN2O4. The van der Waals surface area contributed by atoms with Gasteiger partial charge in [-0.1, -0.05) is 18.2 Å². The Labute approximate surface area is 210 Å². The van der Waals surface area contributed by atoms with Crippen molar-refractivity contribution in [2.45, 2.75) is 46.1 Å². The molecule has 1 fully saturated rings. The lowest BCUT2D eigenvalue weighted by Gasteiger charge is -2.31. The largest absolute Gasteiger partial charge is 0.488 e. The molecule has 6 nitrogen and oxygen atoms in total. The maximum atomic E-state index is 15.2. The highest BCUT2D eigenvalue weighted by atomic mass is 19.1. The number of piperidine rings is 1. The summed E-state index contributed by atoms with van der Waals surface area (Å²) >= 11 is 0. The minimum atomic E-state index is -0.300. The van der Waals surface area contributed by atoms with E-state index in [1.54, 1.807) is 13.0 Å². The molecule has 0 N–H and O–H groups in total. The fraction of sp³-hybridized carbons (Fsp3) is 0.379. The van der Waals surface area contributed by atoms with Crippen LogP contribution in [0.25, 0.3) is 16.9 Å². The fourth-order valence-corrected chi connectivity index (χ4v) is 5.24. The van der Waals surface area contributed by atoms with Crippen molar-refractivity contribution in [3.05, 3.63) is 71.2 Å². The molecule has 7 heteroatoms. The monoisotopic (exact) mass is 490 g/mol. The number of para-hydroxylation sites is 1. The van der Waals surface area contributed by atoms with Crippen LogP contribution in [0.15, 0.2) is 48.5 Å². The quantitative estimate of drug-likeness (QED) is 0.445. The predicted molar refractivity (Wildman–Crippen MR) is 134 cm³/mol. The third-order valence-electron chi connectivity index (χ3n) is 7.09. The van der Waals surface area contributed by atoms with Crippen LogP contribution in [-0.2, 0) is 27.4 Å². The van der Waals surface area contributed by atoms with Gasteiger partial charge in [-0.2, -0.15) is 0 Å². The number of carbonyl (C=O) groups is 2. The first-order valence-electron chi connectivity index (χ1n) is 12.6. The summed E-state index contributed by atoms with van der Waals surface area (Å²) in [6, 6.07) is 15.0. The molecule has 5 rings (SSSR count). The number of halogens is 1. The third kappa shape index (κ3) is 4.62. The van der Waals surface area contributed by atoms with Crippen LogP contribution in [0.5, 0.6) is 5.75 Å². The van der Waals surface area contributed by atoms with Crippen molar-refractivity contribution >= 4 is 11.9 Å². The molecule has 1 amide bonds. The summed E-state index contributed by atoms with van der Waals surface area (Å²) in [6.45, 7) is 5.54. The van der Waals surface area contributed by atoms with Gasteiger partial charge >= 0.3 is 5.97 Å². The Morgan fingerprint density at radius 3 is 2.64 bits per heavy atom. The molecule has 2 aliphatic rings. The molecule has 188 valence electrons. The zero-order chi connectivity index (χ0) is 25.2. The highest BCUT2D eigenvalue weighted by molar-refractivity contribution is 5.78. The average molecular weight is 491 g/mol. The Balaban J connectivity index is 1.39. The second kappa shape index (κ2) is 10.2. The van der Waals surface area contributed by atoms with Crippen molar-refractivity contribution in [3.8, 4) is 22.7 Å². The predicted octanol–water partition coefficient (Wildman–Crippen LogP) is 5.22. The van der Waals surface area contributed by atoms with Gasteiger partial charge in [0.15, 0.2) is 0 Å². The number of fused-ring (bicyclic) bond motifs is 3. The van der Waals surface area contributed by atoms with Gasteiger partial charge in [-0.15, -0.1) is 0 Å². The Morgan fingerprint density at radius 2 is 1.89 bits per heavy atom. The van der Waals surface area contributed by atoms with Crippen LogP contribution in [0.4, 0.5) is 4.39 Å².